The lowest BCUT2D eigenvalue weighted by Gasteiger charge is -2.44. The number of Topliss-reactive ketones (excluding diaryl/α,β-unsaturated/α-hetero) is 1. The lowest BCUT2D eigenvalue weighted by atomic mass is 9.65. The summed E-state index contributed by atoms with van der Waals surface area (Å²) in [6, 6.07) is 19.1. The van der Waals surface area contributed by atoms with E-state index in [4.69, 9.17) is 18.9 Å². The molecule has 9 heteroatoms. The first kappa shape index (κ1) is 25.6. The molecule has 0 aromatic heterocycles. The highest BCUT2D eigenvalue weighted by molar-refractivity contribution is 6.09. The quantitative estimate of drug-likeness (QED) is 0.269. The number of hydrazone groups is 1. The van der Waals surface area contributed by atoms with Gasteiger partial charge in [0.2, 0.25) is 5.41 Å². The van der Waals surface area contributed by atoms with Crippen LogP contribution in [-0.2, 0) is 19.1 Å². The standard InChI is InChI=1S/C31H28N2O7/c1-30(2)39-28(35)31(29(36)40-30)24(18-9-13-21(37-3)14-10-18)25(26(34)19-11-15-22(38-4)16-12-19)33-27(31)23-8-6-5-7-20(23)17-32-33/h5-17,24-25,27H,1-4H3/t24-,25-,27-/m1/s1. The molecule has 0 amide bonds. The molecule has 3 aliphatic rings. The summed E-state index contributed by atoms with van der Waals surface area (Å²) in [5.74, 6) is -3.13. The van der Waals surface area contributed by atoms with E-state index in [0.717, 1.165) is 5.56 Å². The Labute approximate surface area is 231 Å². The SMILES string of the molecule is COc1ccc(C(=O)[C@H]2[C@@H](c3ccc(OC)cc3)C3(C(=O)OC(C)(C)OC3=O)[C@H]3c4ccccc4C=NN23)cc1. The molecule has 1 spiro atoms. The third kappa shape index (κ3) is 3.68. The highest BCUT2D eigenvalue weighted by Crippen LogP contribution is 2.63. The van der Waals surface area contributed by atoms with Crippen LogP contribution in [0.25, 0.3) is 0 Å². The molecular formula is C31H28N2O7. The highest BCUT2D eigenvalue weighted by atomic mass is 16.7. The molecule has 2 saturated heterocycles. The normalized spacial score (nSPS) is 23.6. The molecule has 0 unspecified atom stereocenters. The van der Waals surface area contributed by atoms with Gasteiger partial charge in [0.1, 0.15) is 23.6 Å². The summed E-state index contributed by atoms with van der Waals surface area (Å²) in [4.78, 5) is 42.9. The number of hydrogen-bond acceptors (Lipinski definition) is 9. The van der Waals surface area contributed by atoms with E-state index in [9.17, 15) is 14.4 Å². The minimum atomic E-state index is -1.93. The van der Waals surface area contributed by atoms with Crippen LogP contribution in [0, 0.1) is 5.41 Å². The van der Waals surface area contributed by atoms with E-state index in [2.05, 4.69) is 5.10 Å². The molecule has 3 aromatic rings. The number of rotatable bonds is 5. The van der Waals surface area contributed by atoms with Crippen molar-refractivity contribution in [3.8, 4) is 11.5 Å². The van der Waals surface area contributed by atoms with Gasteiger partial charge in [-0.15, -0.1) is 0 Å². The van der Waals surface area contributed by atoms with Crippen molar-refractivity contribution in [1.82, 2.24) is 5.01 Å². The number of benzene rings is 3. The summed E-state index contributed by atoms with van der Waals surface area (Å²) in [7, 11) is 3.09. The van der Waals surface area contributed by atoms with Crippen LogP contribution in [0.5, 0.6) is 11.5 Å². The molecule has 3 atom stereocenters. The number of carbonyl (C=O) groups is 3. The number of nitrogens with zero attached hydrogens (tertiary/aromatic N) is 2. The predicted molar refractivity (Wildman–Crippen MR) is 144 cm³/mol. The summed E-state index contributed by atoms with van der Waals surface area (Å²) in [6.45, 7) is 3.02. The van der Waals surface area contributed by atoms with Gasteiger partial charge in [-0.25, -0.2) is 0 Å². The largest absolute Gasteiger partial charge is 0.497 e. The molecule has 0 aliphatic carbocycles. The van der Waals surface area contributed by atoms with Crippen LogP contribution in [-0.4, -0.2) is 55.0 Å². The topological polar surface area (TPSA) is 104 Å². The Morgan fingerprint density at radius 1 is 0.850 bits per heavy atom. The molecule has 0 radical (unpaired) electrons. The first-order valence-corrected chi connectivity index (χ1v) is 12.9. The molecule has 0 saturated carbocycles. The molecule has 3 aromatic carbocycles. The van der Waals surface area contributed by atoms with Crippen LogP contribution < -0.4 is 9.47 Å². The number of cyclic esters (lactones) is 2. The maximum absolute atomic E-state index is 14.4. The summed E-state index contributed by atoms with van der Waals surface area (Å²) in [5, 5.41) is 6.26. The summed E-state index contributed by atoms with van der Waals surface area (Å²) in [6.07, 6.45) is 1.65. The van der Waals surface area contributed by atoms with Crippen molar-refractivity contribution >= 4 is 23.9 Å². The highest BCUT2D eigenvalue weighted by Gasteiger charge is 2.75. The smallest absolute Gasteiger partial charge is 0.330 e. The van der Waals surface area contributed by atoms with E-state index in [-0.39, 0.29) is 5.78 Å². The number of ketones is 1. The van der Waals surface area contributed by atoms with E-state index in [1.54, 1.807) is 74.0 Å². The number of fused-ring (bicyclic) bond motifs is 4. The first-order valence-electron chi connectivity index (χ1n) is 12.9. The van der Waals surface area contributed by atoms with E-state index >= 15 is 0 Å². The fourth-order valence-electron chi connectivity index (χ4n) is 6.12. The van der Waals surface area contributed by atoms with Gasteiger partial charge in [-0.2, -0.15) is 5.10 Å². The van der Waals surface area contributed by atoms with E-state index in [1.165, 1.54) is 13.8 Å². The summed E-state index contributed by atoms with van der Waals surface area (Å²) >= 11 is 0. The van der Waals surface area contributed by atoms with E-state index in [1.807, 2.05) is 24.3 Å². The van der Waals surface area contributed by atoms with Crippen LogP contribution in [0.4, 0.5) is 0 Å². The van der Waals surface area contributed by atoms with Crippen molar-refractivity contribution in [2.24, 2.45) is 10.5 Å². The molecule has 3 heterocycles. The fraction of sp³-hybridized carbons (Fsp3) is 0.290. The Kier molecular flexibility index (Phi) is 5.90. The van der Waals surface area contributed by atoms with Crippen molar-refractivity contribution in [3.63, 3.8) is 0 Å². The first-order chi connectivity index (χ1) is 19.2. The maximum atomic E-state index is 14.4. The van der Waals surface area contributed by atoms with Crippen molar-refractivity contribution in [2.75, 3.05) is 14.2 Å². The lowest BCUT2D eigenvalue weighted by molar-refractivity contribution is -0.254. The molecule has 0 N–H and O–H groups in total. The summed E-state index contributed by atoms with van der Waals surface area (Å²) < 4.78 is 22.2. The van der Waals surface area contributed by atoms with Crippen LogP contribution in [0.1, 0.15) is 52.9 Å². The van der Waals surface area contributed by atoms with Crippen LogP contribution in [0.15, 0.2) is 77.9 Å². The van der Waals surface area contributed by atoms with Crippen LogP contribution in [0.3, 0.4) is 0 Å². The van der Waals surface area contributed by atoms with Crippen LogP contribution in [0.2, 0.25) is 0 Å². The van der Waals surface area contributed by atoms with Gasteiger partial charge in [0, 0.05) is 25.3 Å². The van der Waals surface area contributed by atoms with Gasteiger partial charge in [-0.1, -0.05) is 36.4 Å². The zero-order valence-electron chi connectivity index (χ0n) is 22.5. The number of methoxy groups -OCH3 is 2. The van der Waals surface area contributed by atoms with Crippen molar-refractivity contribution in [1.29, 1.82) is 0 Å². The monoisotopic (exact) mass is 540 g/mol. The summed E-state index contributed by atoms with van der Waals surface area (Å²) in [5.41, 5.74) is 0.440. The van der Waals surface area contributed by atoms with Crippen molar-refractivity contribution < 1.29 is 33.3 Å². The molecular weight excluding hydrogens is 512 g/mol. The van der Waals surface area contributed by atoms with E-state index in [0.29, 0.717) is 28.2 Å². The molecule has 40 heavy (non-hydrogen) atoms. The third-order valence-electron chi connectivity index (χ3n) is 7.88. The van der Waals surface area contributed by atoms with Gasteiger partial charge in [-0.3, -0.25) is 19.4 Å². The Morgan fingerprint density at radius 3 is 2.02 bits per heavy atom. The molecule has 6 rings (SSSR count). The van der Waals surface area contributed by atoms with E-state index < -0.39 is 41.1 Å². The van der Waals surface area contributed by atoms with Gasteiger partial charge in [0.25, 0.3) is 5.79 Å². The van der Waals surface area contributed by atoms with Crippen molar-refractivity contribution in [3.05, 3.63) is 95.1 Å². The third-order valence-corrected chi connectivity index (χ3v) is 7.88. The Morgan fingerprint density at radius 2 is 1.43 bits per heavy atom. The number of ether oxygens (including phenoxy) is 4. The second kappa shape index (κ2) is 9.22. The molecule has 204 valence electrons. The maximum Gasteiger partial charge on any atom is 0.330 e. The minimum absolute atomic E-state index is 0.313. The molecule has 2 fully saturated rings. The molecule has 9 nitrogen and oxygen atoms in total. The average Bonchev–Trinajstić information content (AvgIpc) is 3.28. The Balaban J connectivity index is 1.62. The van der Waals surface area contributed by atoms with Gasteiger partial charge in [0.15, 0.2) is 5.78 Å². The van der Waals surface area contributed by atoms with Gasteiger partial charge in [-0.05, 0) is 53.1 Å². The van der Waals surface area contributed by atoms with Gasteiger partial charge < -0.3 is 18.9 Å². The Hall–Kier alpha value is -4.66. The van der Waals surface area contributed by atoms with Gasteiger partial charge in [0.05, 0.1) is 20.4 Å². The minimum Gasteiger partial charge on any atom is -0.497 e. The zero-order chi connectivity index (χ0) is 28.2. The predicted octanol–water partition coefficient (Wildman–Crippen LogP) is 4.27. The fourth-order valence-corrected chi connectivity index (χ4v) is 6.12. The van der Waals surface area contributed by atoms with Crippen molar-refractivity contribution in [2.45, 2.75) is 37.6 Å². The number of carbonyl (C=O) groups excluding carboxylic acids is 3. The second-order valence-corrected chi connectivity index (χ2v) is 10.5. The zero-order valence-corrected chi connectivity index (χ0v) is 22.5. The second-order valence-electron chi connectivity index (χ2n) is 10.5. The average molecular weight is 541 g/mol. The molecule has 0 bridgehead atoms. The van der Waals surface area contributed by atoms with Crippen LogP contribution >= 0.6 is 0 Å². The number of esters is 2. The lowest BCUT2D eigenvalue weighted by Crippen LogP contribution is -2.58. The Bertz CT molecular complexity index is 1510. The number of hydrogen-bond donors (Lipinski definition) is 0. The molecule has 3 aliphatic heterocycles. The van der Waals surface area contributed by atoms with Gasteiger partial charge >= 0.3 is 11.9 Å².